The number of nitrogens with zero attached hydrogens (tertiary/aromatic N) is 1. The topological polar surface area (TPSA) is 68.3 Å². The zero-order valence-electron chi connectivity index (χ0n) is 15.0. The number of carbonyl (C=O) groups is 2. The normalized spacial score (nSPS) is 13.0. The van der Waals surface area contributed by atoms with E-state index in [9.17, 15) is 14.0 Å². The summed E-state index contributed by atoms with van der Waals surface area (Å²) in [6.07, 6.45) is -0.992. The van der Waals surface area contributed by atoms with Crippen LogP contribution >= 0.6 is 0 Å². The van der Waals surface area contributed by atoms with Crippen LogP contribution in [0.4, 0.5) is 4.39 Å². The van der Waals surface area contributed by atoms with E-state index in [1.54, 1.807) is 37.3 Å². The van der Waals surface area contributed by atoms with E-state index >= 15 is 0 Å². The molecule has 27 heavy (non-hydrogen) atoms. The summed E-state index contributed by atoms with van der Waals surface area (Å²) in [4.78, 5) is 28.8. The number of hydrogen-bond donors (Lipinski definition) is 1. The number of rotatable bonds is 5. The highest BCUT2D eigenvalue weighted by Gasteiger charge is 2.21. The lowest BCUT2D eigenvalue weighted by Crippen LogP contribution is -2.37. The quantitative estimate of drug-likeness (QED) is 0.698. The second kappa shape index (κ2) is 7.95. The first-order valence-corrected chi connectivity index (χ1v) is 8.56. The number of benzene rings is 2. The number of aromatic nitrogens is 1. The largest absolute Gasteiger partial charge is 0.448 e. The number of hydrogen-bond acceptors (Lipinski definition) is 4. The van der Waals surface area contributed by atoms with Crippen molar-refractivity contribution in [2.24, 2.45) is 0 Å². The summed E-state index contributed by atoms with van der Waals surface area (Å²) in [6, 6.07) is 16.2. The minimum atomic E-state index is -0.992. The third kappa shape index (κ3) is 4.47. The molecular formula is C21H19FN2O3. The molecule has 3 aromatic rings. The van der Waals surface area contributed by atoms with E-state index in [0.29, 0.717) is 5.52 Å². The second-order valence-corrected chi connectivity index (χ2v) is 6.22. The van der Waals surface area contributed by atoms with E-state index < -0.39 is 18.0 Å². The van der Waals surface area contributed by atoms with Crippen LogP contribution in [0.5, 0.6) is 0 Å². The van der Waals surface area contributed by atoms with Gasteiger partial charge in [0, 0.05) is 5.39 Å². The number of para-hydroxylation sites is 1. The lowest BCUT2D eigenvalue weighted by atomic mass is 10.1. The van der Waals surface area contributed by atoms with Gasteiger partial charge in [-0.2, -0.15) is 0 Å². The Labute approximate surface area is 156 Å². The molecule has 6 heteroatoms. The van der Waals surface area contributed by atoms with Gasteiger partial charge in [0.25, 0.3) is 5.91 Å². The van der Waals surface area contributed by atoms with Gasteiger partial charge >= 0.3 is 5.97 Å². The maximum atomic E-state index is 13.0. The van der Waals surface area contributed by atoms with E-state index in [4.69, 9.17) is 4.74 Å². The SMILES string of the molecule is C[C@@H](OC(=O)c1ccc2ccccc2n1)C(=O)N[C@H](C)c1ccc(F)cc1. The smallest absolute Gasteiger partial charge is 0.357 e. The van der Waals surface area contributed by atoms with Crippen LogP contribution in [0.25, 0.3) is 10.9 Å². The fourth-order valence-electron chi connectivity index (χ4n) is 2.62. The predicted octanol–water partition coefficient (Wildman–Crippen LogP) is 3.80. The van der Waals surface area contributed by atoms with Gasteiger partial charge in [-0.05, 0) is 43.7 Å². The molecule has 0 aliphatic heterocycles. The van der Waals surface area contributed by atoms with Crippen LogP contribution in [0.3, 0.4) is 0 Å². The van der Waals surface area contributed by atoms with E-state index in [1.807, 2.05) is 18.2 Å². The van der Waals surface area contributed by atoms with Gasteiger partial charge in [0.1, 0.15) is 11.5 Å². The first-order valence-electron chi connectivity index (χ1n) is 8.56. The van der Waals surface area contributed by atoms with Crippen LogP contribution in [-0.4, -0.2) is 23.0 Å². The Morgan fingerprint density at radius 1 is 1.00 bits per heavy atom. The highest BCUT2D eigenvalue weighted by molar-refractivity contribution is 5.93. The molecular weight excluding hydrogens is 347 g/mol. The van der Waals surface area contributed by atoms with Crippen LogP contribution < -0.4 is 5.32 Å². The Morgan fingerprint density at radius 2 is 1.70 bits per heavy atom. The number of ether oxygens (including phenoxy) is 1. The van der Waals surface area contributed by atoms with Gasteiger partial charge in [0.15, 0.2) is 6.10 Å². The number of nitrogens with one attached hydrogen (secondary N) is 1. The number of carbonyl (C=O) groups excluding carboxylic acids is 2. The number of fused-ring (bicyclic) bond motifs is 1. The molecule has 0 unspecified atom stereocenters. The van der Waals surface area contributed by atoms with Gasteiger partial charge in [0.2, 0.25) is 0 Å². The summed E-state index contributed by atoms with van der Waals surface area (Å²) in [5.41, 5.74) is 1.56. The molecule has 0 saturated carbocycles. The Kier molecular flexibility index (Phi) is 5.45. The summed E-state index contributed by atoms with van der Waals surface area (Å²) in [5.74, 6) is -1.46. The first-order chi connectivity index (χ1) is 12.9. The van der Waals surface area contributed by atoms with E-state index in [2.05, 4.69) is 10.3 Å². The fourth-order valence-corrected chi connectivity index (χ4v) is 2.62. The van der Waals surface area contributed by atoms with Crippen molar-refractivity contribution in [3.8, 4) is 0 Å². The highest BCUT2D eigenvalue weighted by Crippen LogP contribution is 2.15. The Balaban J connectivity index is 1.62. The minimum Gasteiger partial charge on any atom is -0.448 e. The summed E-state index contributed by atoms with van der Waals surface area (Å²) in [6.45, 7) is 3.26. The molecule has 3 rings (SSSR count). The van der Waals surface area contributed by atoms with Gasteiger partial charge in [-0.25, -0.2) is 14.2 Å². The molecule has 0 fully saturated rings. The van der Waals surface area contributed by atoms with E-state index in [0.717, 1.165) is 10.9 Å². The van der Waals surface area contributed by atoms with Crippen molar-refractivity contribution in [2.45, 2.75) is 26.0 Å². The number of halogens is 1. The Hall–Kier alpha value is -3.28. The second-order valence-electron chi connectivity index (χ2n) is 6.22. The molecule has 2 aromatic carbocycles. The minimum absolute atomic E-state index is 0.139. The molecule has 1 N–H and O–H groups in total. The van der Waals surface area contributed by atoms with Crippen LogP contribution in [0.1, 0.15) is 35.9 Å². The monoisotopic (exact) mass is 366 g/mol. The average Bonchev–Trinajstić information content (AvgIpc) is 2.67. The van der Waals surface area contributed by atoms with Crippen molar-refractivity contribution in [1.82, 2.24) is 10.3 Å². The molecule has 0 radical (unpaired) electrons. The fraction of sp³-hybridized carbons (Fsp3) is 0.190. The van der Waals surface area contributed by atoms with Crippen molar-refractivity contribution in [1.29, 1.82) is 0 Å². The first kappa shape index (κ1) is 18.5. The summed E-state index contributed by atoms with van der Waals surface area (Å²) in [5, 5.41) is 3.65. The van der Waals surface area contributed by atoms with Crippen molar-refractivity contribution < 1.29 is 18.7 Å². The third-order valence-corrected chi connectivity index (χ3v) is 4.19. The molecule has 5 nitrogen and oxygen atoms in total. The maximum Gasteiger partial charge on any atom is 0.357 e. The summed E-state index contributed by atoms with van der Waals surface area (Å²) >= 11 is 0. The van der Waals surface area contributed by atoms with Crippen LogP contribution in [0.2, 0.25) is 0 Å². The van der Waals surface area contributed by atoms with Gasteiger partial charge in [-0.3, -0.25) is 4.79 Å². The van der Waals surface area contributed by atoms with Crippen LogP contribution in [-0.2, 0) is 9.53 Å². The zero-order chi connectivity index (χ0) is 19.4. The Bertz CT molecular complexity index is 973. The van der Waals surface area contributed by atoms with Gasteiger partial charge in [-0.1, -0.05) is 36.4 Å². The lowest BCUT2D eigenvalue weighted by Gasteiger charge is -2.18. The average molecular weight is 366 g/mol. The number of pyridine rings is 1. The highest BCUT2D eigenvalue weighted by atomic mass is 19.1. The molecule has 0 aliphatic carbocycles. The van der Waals surface area contributed by atoms with Crippen molar-refractivity contribution in [3.63, 3.8) is 0 Å². The molecule has 1 amide bonds. The molecule has 2 atom stereocenters. The van der Waals surface area contributed by atoms with E-state index in [-0.39, 0.29) is 17.6 Å². The number of esters is 1. The van der Waals surface area contributed by atoms with E-state index in [1.165, 1.54) is 19.1 Å². The molecule has 0 bridgehead atoms. The third-order valence-electron chi connectivity index (χ3n) is 4.19. The molecule has 0 spiro atoms. The van der Waals surface area contributed by atoms with Gasteiger partial charge in [-0.15, -0.1) is 0 Å². The van der Waals surface area contributed by atoms with Gasteiger partial charge < -0.3 is 10.1 Å². The summed E-state index contributed by atoms with van der Waals surface area (Å²) in [7, 11) is 0. The van der Waals surface area contributed by atoms with Crippen LogP contribution in [0.15, 0.2) is 60.7 Å². The maximum absolute atomic E-state index is 13.0. The van der Waals surface area contributed by atoms with Gasteiger partial charge in [0.05, 0.1) is 11.6 Å². The standard InChI is InChI=1S/C21H19FN2O3/c1-13(15-7-10-17(22)11-8-15)23-20(25)14(2)27-21(26)19-12-9-16-5-3-4-6-18(16)24-19/h3-14H,1-2H3,(H,23,25)/t13-,14-/m1/s1. The molecule has 138 valence electrons. The van der Waals surface area contributed by atoms with Crippen LogP contribution in [0, 0.1) is 5.82 Å². The van der Waals surface area contributed by atoms with Crippen molar-refractivity contribution in [2.75, 3.05) is 0 Å². The lowest BCUT2D eigenvalue weighted by molar-refractivity contribution is -0.129. The van der Waals surface area contributed by atoms with Crippen molar-refractivity contribution >= 4 is 22.8 Å². The predicted molar refractivity (Wildman–Crippen MR) is 99.6 cm³/mol. The molecule has 0 aliphatic rings. The Morgan fingerprint density at radius 3 is 2.44 bits per heavy atom. The zero-order valence-corrected chi connectivity index (χ0v) is 15.0. The molecule has 1 heterocycles. The molecule has 0 saturated heterocycles. The van der Waals surface area contributed by atoms with Crippen molar-refractivity contribution in [3.05, 3.63) is 77.7 Å². The number of amides is 1. The summed E-state index contributed by atoms with van der Waals surface area (Å²) < 4.78 is 18.2. The molecule has 1 aromatic heterocycles.